The van der Waals surface area contributed by atoms with Gasteiger partial charge in [0.25, 0.3) is 0 Å². The number of aliphatic hydroxyl groups excluding tert-OH is 2. The van der Waals surface area contributed by atoms with Gasteiger partial charge in [-0.05, 0) is 18.6 Å². The zero-order valence-electron chi connectivity index (χ0n) is 8.40. The summed E-state index contributed by atoms with van der Waals surface area (Å²) >= 11 is 3.14. The van der Waals surface area contributed by atoms with E-state index in [0.29, 0.717) is 11.8 Å². The lowest BCUT2D eigenvalue weighted by atomic mass is 9.98. The molecule has 0 bridgehead atoms. The van der Waals surface area contributed by atoms with E-state index in [4.69, 9.17) is 5.26 Å². The third kappa shape index (κ3) is 3.01. The Morgan fingerprint density at radius 3 is 2.69 bits per heavy atom. The summed E-state index contributed by atoms with van der Waals surface area (Å²) in [6, 6.07) is 5.30. The van der Waals surface area contributed by atoms with Gasteiger partial charge in [-0.3, -0.25) is 0 Å². The molecule has 86 valence electrons. The monoisotopic (exact) mass is 287 g/mol. The summed E-state index contributed by atoms with van der Waals surface area (Å²) in [5.74, 6) is -0.539. The fourth-order valence-corrected chi connectivity index (χ4v) is 1.83. The number of benzene rings is 1. The van der Waals surface area contributed by atoms with Gasteiger partial charge in [0, 0.05) is 10.9 Å². The van der Waals surface area contributed by atoms with E-state index in [1.807, 2.05) is 0 Å². The van der Waals surface area contributed by atoms with Crippen LogP contribution in [0.15, 0.2) is 18.2 Å². The second kappa shape index (κ2) is 5.94. The zero-order valence-corrected chi connectivity index (χ0v) is 9.98. The van der Waals surface area contributed by atoms with Crippen LogP contribution in [-0.4, -0.2) is 21.6 Å². The first-order valence-corrected chi connectivity index (χ1v) is 5.84. The molecule has 0 fully saturated rings. The Bertz CT molecular complexity index is 405. The van der Waals surface area contributed by atoms with E-state index in [2.05, 4.69) is 15.9 Å². The summed E-state index contributed by atoms with van der Waals surface area (Å²) < 4.78 is 12.8. The number of hydrogen-bond donors (Lipinski definition) is 2. The predicted octanol–water partition coefficient (Wildman–Crippen LogP) is 1.88. The Kier molecular flexibility index (Phi) is 4.87. The average molecular weight is 288 g/mol. The Hall–Kier alpha value is -0.960. The van der Waals surface area contributed by atoms with Gasteiger partial charge in [0.05, 0.1) is 17.7 Å². The van der Waals surface area contributed by atoms with Crippen molar-refractivity contribution < 1.29 is 14.6 Å². The molecule has 5 heteroatoms. The first-order valence-electron chi connectivity index (χ1n) is 4.71. The first-order chi connectivity index (χ1) is 7.60. The summed E-state index contributed by atoms with van der Waals surface area (Å²) in [4.78, 5) is 0. The van der Waals surface area contributed by atoms with E-state index in [9.17, 15) is 14.6 Å². The van der Waals surface area contributed by atoms with Crippen molar-refractivity contribution in [3.8, 4) is 6.07 Å². The minimum absolute atomic E-state index is 0.0427. The van der Waals surface area contributed by atoms with Gasteiger partial charge in [-0.2, -0.15) is 5.26 Å². The summed E-state index contributed by atoms with van der Waals surface area (Å²) in [7, 11) is 0. The molecule has 2 N–H and O–H groups in total. The van der Waals surface area contributed by atoms with Gasteiger partial charge in [-0.15, -0.1) is 0 Å². The van der Waals surface area contributed by atoms with Crippen molar-refractivity contribution in [2.45, 2.75) is 18.6 Å². The molecule has 0 saturated heterocycles. The second-order valence-electron chi connectivity index (χ2n) is 3.33. The minimum Gasteiger partial charge on any atom is -0.390 e. The quantitative estimate of drug-likeness (QED) is 0.831. The van der Waals surface area contributed by atoms with Gasteiger partial charge >= 0.3 is 0 Å². The molecule has 0 aromatic heterocycles. The standard InChI is InChI=1S/C11H11BrFNO2/c12-4-3-10(15)11(16)9-2-1-8(13)5-7(9)6-14/h1-2,5,10-11,15-16H,3-4H2. The lowest BCUT2D eigenvalue weighted by Crippen LogP contribution is -2.19. The van der Waals surface area contributed by atoms with Gasteiger partial charge in [0.15, 0.2) is 0 Å². The summed E-state index contributed by atoms with van der Waals surface area (Å²) in [6.45, 7) is 0. The molecule has 0 amide bonds. The van der Waals surface area contributed by atoms with E-state index in [0.717, 1.165) is 12.1 Å². The highest BCUT2D eigenvalue weighted by molar-refractivity contribution is 9.09. The van der Waals surface area contributed by atoms with E-state index in [-0.39, 0.29) is 11.1 Å². The molecular weight excluding hydrogens is 277 g/mol. The highest BCUT2D eigenvalue weighted by Gasteiger charge is 2.20. The molecule has 0 heterocycles. The molecule has 1 aromatic carbocycles. The molecule has 16 heavy (non-hydrogen) atoms. The van der Waals surface area contributed by atoms with Crippen LogP contribution in [0.1, 0.15) is 23.7 Å². The fraction of sp³-hybridized carbons (Fsp3) is 0.364. The summed E-state index contributed by atoms with van der Waals surface area (Å²) in [5, 5.41) is 28.7. The predicted molar refractivity (Wildman–Crippen MR) is 60.5 cm³/mol. The van der Waals surface area contributed by atoms with Gasteiger partial charge in [0.2, 0.25) is 0 Å². The van der Waals surface area contributed by atoms with Gasteiger partial charge < -0.3 is 10.2 Å². The van der Waals surface area contributed by atoms with E-state index >= 15 is 0 Å². The Balaban J connectivity index is 2.99. The first kappa shape index (κ1) is 13.1. The maximum absolute atomic E-state index is 12.8. The van der Waals surface area contributed by atoms with Crippen LogP contribution in [0.4, 0.5) is 4.39 Å². The van der Waals surface area contributed by atoms with Crippen molar-refractivity contribution in [1.82, 2.24) is 0 Å². The molecular formula is C11H11BrFNO2. The lowest BCUT2D eigenvalue weighted by molar-refractivity contribution is 0.0171. The normalized spacial score (nSPS) is 14.2. The third-order valence-corrected chi connectivity index (χ3v) is 2.68. The maximum atomic E-state index is 12.8. The van der Waals surface area contributed by atoms with Crippen LogP contribution >= 0.6 is 15.9 Å². The lowest BCUT2D eigenvalue weighted by Gasteiger charge is -2.18. The Morgan fingerprint density at radius 1 is 1.44 bits per heavy atom. The number of nitrogens with zero attached hydrogens (tertiary/aromatic N) is 1. The number of nitriles is 1. The van der Waals surface area contributed by atoms with Crippen LogP contribution in [0.2, 0.25) is 0 Å². The van der Waals surface area contributed by atoms with E-state index in [1.54, 1.807) is 6.07 Å². The van der Waals surface area contributed by atoms with Crippen LogP contribution in [-0.2, 0) is 0 Å². The molecule has 0 saturated carbocycles. The number of alkyl halides is 1. The molecule has 0 aliphatic rings. The maximum Gasteiger partial charge on any atom is 0.124 e. The smallest absolute Gasteiger partial charge is 0.124 e. The largest absolute Gasteiger partial charge is 0.390 e. The molecule has 2 atom stereocenters. The number of rotatable bonds is 4. The van der Waals surface area contributed by atoms with Crippen molar-refractivity contribution in [3.05, 3.63) is 35.1 Å². The van der Waals surface area contributed by atoms with E-state index < -0.39 is 18.0 Å². The van der Waals surface area contributed by atoms with Crippen molar-refractivity contribution in [3.63, 3.8) is 0 Å². The van der Waals surface area contributed by atoms with Crippen molar-refractivity contribution >= 4 is 15.9 Å². The highest BCUT2D eigenvalue weighted by Crippen LogP contribution is 2.23. The molecule has 1 rings (SSSR count). The molecule has 2 unspecified atom stereocenters. The molecule has 0 spiro atoms. The molecule has 1 aromatic rings. The van der Waals surface area contributed by atoms with E-state index in [1.165, 1.54) is 6.07 Å². The fourth-order valence-electron chi connectivity index (χ4n) is 1.36. The number of hydrogen-bond acceptors (Lipinski definition) is 3. The highest BCUT2D eigenvalue weighted by atomic mass is 79.9. The summed E-state index contributed by atoms with van der Waals surface area (Å²) in [6.07, 6.45) is -1.80. The molecule has 0 radical (unpaired) electrons. The van der Waals surface area contributed by atoms with Gasteiger partial charge in [-0.25, -0.2) is 4.39 Å². The van der Waals surface area contributed by atoms with Gasteiger partial charge in [-0.1, -0.05) is 22.0 Å². The van der Waals surface area contributed by atoms with Crippen LogP contribution in [0.3, 0.4) is 0 Å². The number of halogens is 2. The Morgan fingerprint density at radius 2 is 2.12 bits per heavy atom. The summed E-state index contributed by atoms with van der Waals surface area (Å²) in [5.41, 5.74) is 0.290. The van der Waals surface area contributed by atoms with Crippen LogP contribution in [0, 0.1) is 17.1 Å². The molecule has 0 aliphatic carbocycles. The Labute approximate surface area is 101 Å². The van der Waals surface area contributed by atoms with Gasteiger partial charge in [0.1, 0.15) is 11.9 Å². The molecule has 3 nitrogen and oxygen atoms in total. The van der Waals surface area contributed by atoms with Crippen LogP contribution in [0.5, 0.6) is 0 Å². The van der Waals surface area contributed by atoms with Crippen molar-refractivity contribution in [1.29, 1.82) is 5.26 Å². The topological polar surface area (TPSA) is 64.2 Å². The SMILES string of the molecule is N#Cc1cc(F)ccc1C(O)C(O)CCBr. The minimum atomic E-state index is -1.17. The second-order valence-corrected chi connectivity index (χ2v) is 4.13. The number of aliphatic hydroxyl groups is 2. The van der Waals surface area contributed by atoms with Crippen molar-refractivity contribution in [2.75, 3.05) is 5.33 Å². The molecule has 0 aliphatic heterocycles. The van der Waals surface area contributed by atoms with Crippen molar-refractivity contribution in [2.24, 2.45) is 0 Å². The third-order valence-electron chi connectivity index (χ3n) is 2.22. The van der Waals surface area contributed by atoms with Crippen LogP contribution in [0.25, 0.3) is 0 Å². The zero-order chi connectivity index (χ0) is 12.1. The average Bonchev–Trinajstić information content (AvgIpc) is 2.28. The van der Waals surface area contributed by atoms with Crippen LogP contribution < -0.4 is 0 Å².